The fourth-order valence-electron chi connectivity index (χ4n) is 4.83. The standard InChI is InChI=1S/C26H39N9O2/c1-18-21(30-26(37)32(2)3)6-5-11-35(18)22-16-28-23(24(27)36)25(31-22)29-20-9-7-19(8-10-20)17-34-14-12-33(4)13-15-34/h7-10,16,18,21H,5-6,11-15,17H2,1-4H3,(H2,27,36)(H,29,31)(H,30,37)/t18-,21-/m1/s1. The topological polar surface area (TPSA) is 123 Å². The predicted octanol–water partition coefficient (Wildman–Crippen LogP) is 1.70. The Morgan fingerprint density at radius 3 is 2.46 bits per heavy atom. The van der Waals surface area contributed by atoms with Crippen LogP contribution in [0.1, 0.15) is 35.8 Å². The Kier molecular flexibility index (Phi) is 8.45. The van der Waals surface area contributed by atoms with Crippen molar-refractivity contribution in [1.29, 1.82) is 0 Å². The molecule has 0 aliphatic carbocycles. The van der Waals surface area contributed by atoms with Gasteiger partial charge < -0.3 is 31.1 Å². The van der Waals surface area contributed by atoms with Crippen LogP contribution in [0.2, 0.25) is 0 Å². The smallest absolute Gasteiger partial charge is 0.317 e. The fraction of sp³-hybridized carbons (Fsp3) is 0.538. The van der Waals surface area contributed by atoms with Gasteiger partial charge in [0.25, 0.3) is 5.91 Å². The summed E-state index contributed by atoms with van der Waals surface area (Å²) in [4.78, 5) is 41.9. The van der Waals surface area contributed by atoms with Gasteiger partial charge in [-0.05, 0) is 44.5 Å². The number of nitrogens with zero attached hydrogens (tertiary/aromatic N) is 6. The molecule has 0 radical (unpaired) electrons. The zero-order chi connectivity index (χ0) is 26.5. The number of amides is 3. The van der Waals surface area contributed by atoms with Gasteiger partial charge in [0, 0.05) is 65.1 Å². The number of likely N-dealkylation sites (N-methyl/N-ethyl adjacent to an activating group) is 1. The maximum atomic E-state index is 12.2. The van der Waals surface area contributed by atoms with Gasteiger partial charge in [-0.25, -0.2) is 14.8 Å². The van der Waals surface area contributed by atoms with E-state index in [9.17, 15) is 9.59 Å². The molecule has 0 saturated carbocycles. The monoisotopic (exact) mass is 509 g/mol. The normalized spacial score (nSPS) is 20.9. The third kappa shape index (κ3) is 6.66. The number of benzene rings is 1. The maximum absolute atomic E-state index is 12.2. The molecule has 2 atom stereocenters. The Labute approximate surface area is 219 Å². The number of anilines is 3. The number of rotatable bonds is 7. The number of piperazine rings is 1. The van der Waals surface area contributed by atoms with Gasteiger partial charge in [0.15, 0.2) is 11.5 Å². The lowest BCUT2D eigenvalue weighted by atomic mass is 9.97. The van der Waals surface area contributed by atoms with Crippen molar-refractivity contribution in [2.24, 2.45) is 5.73 Å². The van der Waals surface area contributed by atoms with Crippen molar-refractivity contribution in [1.82, 2.24) is 30.0 Å². The zero-order valence-electron chi connectivity index (χ0n) is 22.3. The van der Waals surface area contributed by atoms with Crippen LogP contribution in [0.25, 0.3) is 0 Å². The molecule has 2 saturated heterocycles. The van der Waals surface area contributed by atoms with E-state index in [1.165, 1.54) is 10.5 Å². The molecule has 4 rings (SSSR count). The minimum Gasteiger partial charge on any atom is -0.364 e. The number of primary amides is 1. The summed E-state index contributed by atoms with van der Waals surface area (Å²) in [5.74, 6) is 0.315. The first-order chi connectivity index (χ1) is 17.7. The van der Waals surface area contributed by atoms with E-state index in [0.29, 0.717) is 11.6 Å². The Morgan fingerprint density at radius 2 is 1.81 bits per heavy atom. The van der Waals surface area contributed by atoms with E-state index in [1.54, 1.807) is 20.3 Å². The average molecular weight is 510 g/mol. The van der Waals surface area contributed by atoms with Crippen LogP contribution in [-0.2, 0) is 6.54 Å². The van der Waals surface area contributed by atoms with Crippen LogP contribution in [0, 0.1) is 0 Å². The van der Waals surface area contributed by atoms with E-state index in [1.807, 2.05) is 12.1 Å². The second-order valence-electron chi connectivity index (χ2n) is 10.2. The highest BCUT2D eigenvalue weighted by atomic mass is 16.2. The number of nitrogens with two attached hydrogens (primary N) is 1. The van der Waals surface area contributed by atoms with Crippen molar-refractivity contribution in [3.05, 3.63) is 41.7 Å². The molecule has 3 heterocycles. The average Bonchev–Trinajstić information content (AvgIpc) is 2.87. The van der Waals surface area contributed by atoms with Gasteiger partial charge in [-0.2, -0.15) is 0 Å². The van der Waals surface area contributed by atoms with Crippen molar-refractivity contribution in [2.75, 3.05) is 64.1 Å². The number of carbonyl (C=O) groups is 2. The van der Waals surface area contributed by atoms with Crippen LogP contribution in [0.5, 0.6) is 0 Å². The van der Waals surface area contributed by atoms with Crippen LogP contribution in [0.15, 0.2) is 30.5 Å². The molecular formula is C26H39N9O2. The molecule has 2 aliphatic rings. The molecule has 11 nitrogen and oxygen atoms in total. The maximum Gasteiger partial charge on any atom is 0.317 e. The minimum absolute atomic E-state index is 0.00749. The number of urea groups is 1. The molecule has 2 aliphatic heterocycles. The van der Waals surface area contributed by atoms with Gasteiger partial charge >= 0.3 is 6.03 Å². The molecule has 0 spiro atoms. The van der Waals surface area contributed by atoms with Crippen molar-refractivity contribution in [3.8, 4) is 0 Å². The fourth-order valence-corrected chi connectivity index (χ4v) is 4.83. The van der Waals surface area contributed by atoms with E-state index >= 15 is 0 Å². The Balaban J connectivity index is 1.48. The highest BCUT2D eigenvalue weighted by Gasteiger charge is 2.31. The summed E-state index contributed by atoms with van der Waals surface area (Å²) in [6, 6.07) is 8.02. The van der Waals surface area contributed by atoms with Crippen molar-refractivity contribution >= 4 is 29.3 Å². The molecular weight excluding hydrogens is 470 g/mol. The second-order valence-corrected chi connectivity index (χ2v) is 10.2. The highest BCUT2D eigenvalue weighted by molar-refractivity contribution is 5.96. The summed E-state index contributed by atoms with van der Waals surface area (Å²) in [7, 11) is 5.61. The van der Waals surface area contributed by atoms with Crippen molar-refractivity contribution in [3.63, 3.8) is 0 Å². The molecule has 0 unspecified atom stereocenters. The molecule has 37 heavy (non-hydrogen) atoms. The molecule has 11 heteroatoms. The number of carbonyl (C=O) groups excluding carboxylic acids is 2. The summed E-state index contributed by atoms with van der Waals surface area (Å²) < 4.78 is 0. The highest BCUT2D eigenvalue weighted by Crippen LogP contribution is 2.27. The molecule has 1 aromatic carbocycles. The molecule has 2 fully saturated rings. The quantitative estimate of drug-likeness (QED) is 0.515. The first kappa shape index (κ1) is 26.6. The second kappa shape index (κ2) is 11.7. The van der Waals surface area contributed by atoms with Crippen LogP contribution in [-0.4, -0.2) is 103 Å². The SMILES string of the molecule is C[C@@H]1[C@H](NC(=O)N(C)C)CCCN1c1cnc(C(N)=O)c(Nc2ccc(CN3CCN(C)CC3)cc2)n1. The van der Waals surface area contributed by atoms with Gasteiger partial charge in [0.2, 0.25) is 0 Å². The molecule has 4 N–H and O–H groups in total. The number of piperidine rings is 1. The molecule has 1 aromatic heterocycles. The van der Waals surface area contributed by atoms with Gasteiger partial charge in [-0.15, -0.1) is 0 Å². The first-order valence-electron chi connectivity index (χ1n) is 12.9. The summed E-state index contributed by atoms with van der Waals surface area (Å²) in [5, 5.41) is 6.34. The number of hydrogen-bond donors (Lipinski definition) is 3. The van der Waals surface area contributed by atoms with Crippen LogP contribution in [0.4, 0.5) is 22.1 Å². The van der Waals surface area contributed by atoms with E-state index in [4.69, 9.17) is 10.7 Å². The predicted molar refractivity (Wildman–Crippen MR) is 145 cm³/mol. The third-order valence-electron chi connectivity index (χ3n) is 7.21. The summed E-state index contributed by atoms with van der Waals surface area (Å²) in [5.41, 5.74) is 7.74. The number of hydrogen-bond acceptors (Lipinski definition) is 8. The van der Waals surface area contributed by atoms with Crippen LogP contribution >= 0.6 is 0 Å². The zero-order valence-corrected chi connectivity index (χ0v) is 22.3. The largest absolute Gasteiger partial charge is 0.364 e. The first-order valence-corrected chi connectivity index (χ1v) is 12.9. The van der Waals surface area contributed by atoms with Gasteiger partial charge in [-0.3, -0.25) is 9.69 Å². The summed E-state index contributed by atoms with van der Waals surface area (Å²) in [6.45, 7) is 8.06. The van der Waals surface area contributed by atoms with E-state index < -0.39 is 5.91 Å². The summed E-state index contributed by atoms with van der Waals surface area (Å²) >= 11 is 0. The van der Waals surface area contributed by atoms with Crippen molar-refractivity contribution in [2.45, 2.75) is 38.4 Å². The lowest BCUT2D eigenvalue weighted by Crippen LogP contribution is -2.56. The summed E-state index contributed by atoms with van der Waals surface area (Å²) in [6.07, 6.45) is 3.37. The third-order valence-corrected chi connectivity index (χ3v) is 7.21. The van der Waals surface area contributed by atoms with Crippen molar-refractivity contribution < 1.29 is 9.59 Å². The molecule has 3 amide bonds. The Bertz CT molecular complexity index is 1080. The van der Waals surface area contributed by atoms with Gasteiger partial charge in [-0.1, -0.05) is 12.1 Å². The molecule has 2 aromatic rings. The number of aromatic nitrogens is 2. The van der Waals surface area contributed by atoms with Gasteiger partial charge in [0.1, 0.15) is 5.82 Å². The molecule has 0 bridgehead atoms. The Hall–Kier alpha value is -3.44. The van der Waals surface area contributed by atoms with Crippen LogP contribution < -0.4 is 21.3 Å². The van der Waals surface area contributed by atoms with E-state index in [2.05, 4.69) is 56.4 Å². The lowest BCUT2D eigenvalue weighted by Gasteiger charge is -2.40. The van der Waals surface area contributed by atoms with E-state index in [0.717, 1.165) is 57.8 Å². The number of nitrogens with one attached hydrogen (secondary N) is 2. The Morgan fingerprint density at radius 1 is 1.11 bits per heavy atom. The molecule has 200 valence electrons. The lowest BCUT2D eigenvalue weighted by molar-refractivity contribution is 0.0996. The minimum atomic E-state index is -0.643. The van der Waals surface area contributed by atoms with E-state index in [-0.39, 0.29) is 23.8 Å². The van der Waals surface area contributed by atoms with Gasteiger partial charge in [0.05, 0.1) is 12.2 Å². The van der Waals surface area contributed by atoms with Crippen LogP contribution in [0.3, 0.4) is 0 Å².